The first-order valence-electron chi connectivity index (χ1n) is 9.26. The van der Waals surface area contributed by atoms with Gasteiger partial charge in [-0.05, 0) is 68.8 Å². The van der Waals surface area contributed by atoms with Crippen LogP contribution < -0.4 is 15.0 Å². The molecule has 28 heavy (non-hydrogen) atoms. The number of amides is 1. The molecule has 0 aliphatic rings. The summed E-state index contributed by atoms with van der Waals surface area (Å²) in [7, 11) is 0. The van der Waals surface area contributed by atoms with E-state index in [9.17, 15) is 15.2 Å². The molecule has 0 aliphatic heterocycles. The average Bonchev–Trinajstić information content (AvgIpc) is 2.70. The Hall–Kier alpha value is -3.46. The van der Waals surface area contributed by atoms with Crippen LogP contribution in [0.25, 0.3) is 6.08 Å². The lowest BCUT2D eigenvalue weighted by Gasteiger charge is -2.21. The molecule has 2 N–H and O–H groups in total. The van der Waals surface area contributed by atoms with Crippen LogP contribution in [-0.2, 0) is 4.79 Å². The van der Waals surface area contributed by atoms with Gasteiger partial charge in [-0.15, -0.1) is 0 Å². The van der Waals surface area contributed by atoms with Gasteiger partial charge < -0.3 is 20.1 Å². The van der Waals surface area contributed by atoms with Gasteiger partial charge in [-0.25, -0.2) is 0 Å². The quantitative estimate of drug-likeness (QED) is 0.531. The summed E-state index contributed by atoms with van der Waals surface area (Å²) in [5.74, 6) is -0.180. The molecule has 0 atom stereocenters. The standard InChI is InChI=1S/C22H25N3O3/c1-4-25(5-2)19-10-8-18(9-11-19)24-22(27)17(15-23)13-16-7-12-20(26)21(14-16)28-6-3/h7-14,26H,4-6H2,1-3H3,(H,24,27)/b17-13-. The van der Waals surface area contributed by atoms with Crippen molar-refractivity contribution in [3.63, 3.8) is 0 Å². The van der Waals surface area contributed by atoms with E-state index in [2.05, 4.69) is 24.1 Å². The molecule has 6 heteroatoms. The molecule has 0 radical (unpaired) electrons. The van der Waals surface area contributed by atoms with Crippen molar-refractivity contribution >= 4 is 23.4 Å². The van der Waals surface area contributed by atoms with Gasteiger partial charge in [0.1, 0.15) is 11.6 Å². The van der Waals surface area contributed by atoms with Crippen LogP contribution in [0.2, 0.25) is 0 Å². The number of aromatic hydroxyl groups is 1. The fourth-order valence-corrected chi connectivity index (χ4v) is 2.75. The van der Waals surface area contributed by atoms with Gasteiger partial charge in [0.2, 0.25) is 0 Å². The van der Waals surface area contributed by atoms with Crippen molar-refractivity contribution in [2.45, 2.75) is 20.8 Å². The fraction of sp³-hybridized carbons (Fsp3) is 0.273. The summed E-state index contributed by atoms with van der Waals surface area (Å²) in [6, 6.07) is 14.1. The van der Waals surface area contributed by atoms with Gasteiger partial charge >= 0.3 is 0 Å². The zero-order valence-corrected chi connectivity index (χ0v) is 16.4. The molecule has 0 saturated heterocycles. The molecule has 146 valence electrons. The summed E-state index contributed by atoms with van der Waals surface area (Å²) in [6.45, 7) is 8.18. The molecule has 0 fully saturated rings. The Morgan fingerprint density at radius 3 is 2.43 bits per heavy atom. The number of nitrogens with one attached hydrogen (secondary N) is 1. The number of rotatable bonds is 8. The van der Waals surface area contributed by atoms with Gasteiger partial charge in [-0.2, -0.15) is 5.26 Å². The number of phenolic OH excluding ortho intramolecular Hbond substituents is 1. The van der Waals surface area contributed by atoms with Gasteiger partial charge in [0.15, 0.2) is 11.5 Å². The van der Waals surface area contributed by atoms with Crippen LogP contribution >= 0.6 is 0 Å². The Bertz CT molecular complexity index is 879. The van der Waals surface area contributed by atoms with Crippen molar-refractivity contribution in [3.8, 4) is 17.6 Å². The van der Waals surface area contributed by atoms with E-state index in [4.69, 9.17) is 4.74 Å². The van der Waals surface area contributed by atoms with Crippen LogP contribution in [0.5, 0.6) is 11.5 Å². The van der Waals surface area contributed by atoms with Crippen LogP contribution in [0.3, 0.4) is 0 Å². The van der Waals surface area contributed by atoms with Crippen molar-refractivity contribution < 1.29 is 14.6 Å². The monoisotopic (exact) mass is 379 g/mol. The summed E-state index contributed by atoms with van der Waals surface area (Å²) in [5, 5.41) is 21.9. The Morgan fingerprint density at radius 2 is 1.86 bits per heavy atom. The maximum absolute atomic E-state index is 12.5. The summed E-state index contributed by atoms with van der Waals surface area (Å²) >= 11 is 0. The largest absolute Gasteiger partial charge is 0.504 e. The number of nitrogens with zero attached hydrogens (tertiary/aromatic N) is 2. The molecule has 1 amide bonds. The smallest absolute Gasteiger partial charge is 0.266 e. The molecule has 0 unspecified atom stereocenters. The highest BCUT2D eigenvalue weighted by Crippen LogP contribution is 2.28. The average molecular weight is 379 g/mol. The molecule has 0 heterocycles. The molecular weight excluding hydrogens is 354 g/mol. The maximum Gasteiger partial charge on any atom is 0.266 e. The molecule has 0 saturated carbocycles. The number of hydrogen-bond acceptors (Lipinski definition) is 5. The van der Waals surface area contributed by atoms with Crippen LogP contribution in [0, 0.1) is 11.3 Å². The predicted molar refractivity (Wildman–Crippen MR) is 111 cm³/mol. The lowest BCUT2D eigenvalue weighted by Crippen LogP contribution is -2.21. The third kappa shape index (κ3) is 5.27. The Labute approximate surface area is 165 Å². The number of anilines is 2. The minimum atomic E-state index is -0.496. The minimum absolute atomic E-state index is 0.00949. The Kier molecular flexibility index (Phi) is 7.46. The number of carbonyl (C=O) groups excluding carboxylic acids is 1. The highest BCUT2D eigenvalue weighted by Gasteiger charge is 2.11. The van der Waals surface area contributed by atoms with Crippen molar-refractivity contribution in [2.24, 2.45) is 0 Å². The second kappa shape index (κ2) is 10.0. The molecule has 2 rings (SSSR count). The van der Waals surface area contributed by atoms with Crippen molar-refractivity contribution in [3.05, 3.63) is 53.6 Å². The van der Waals surface area contributed by atoms with E-state index in [1.54, 1.807) is 12.1 Å². The molecular formula is C22H25N3O3. The first kappa shape index (κ1) is 20.8. The minimum Gasteiger partial charge on any atom is -0.504 e. The molecule has 0 spiro atoms. The van der Waals surface area contributed by atoms with Gasteiger partial charge in [-0.3, -0.25) is 4.79 Å². The summed E-state index contributed by atoms with van der Waals surface area (Å²) in [5.41, 5.74) is 2.24. The highest BCUT2D eigenvalue weighted by atomic mass is 16.5. The molecule has 2 aromatic rings. The molecule has 0 bridgehead atoms. The number of ether oxygens (including phenoxy) is 1. The fourth-order valence-electron chi connectivity index (χ4n) is 2.75. The van der Waals surface area contributed by atoms with Crippen molar-refractivity contribution in [2.75, 3.05) is 29.9 Å². The normalized spacial score (nSPS) is 10.9. The number of hydrogen-bond donors (Lipinski definition) is 2. The topological polar surface area (TPSA) is 85.6 Å². The number of phenols is 1. The first-order chi connectivity index (χ1) is 13.5. The summed E-state index contributed by atoms with van der Waals surface area (Å²) in [6.07, 6.45) is 1.46. The zero-order valence-electron chi connectivity index (χ0n) is 16.4. The Balaban J connectivity index is 2.16. The SMILES string of the molecule is CCOc1cc(/C=C(/C#N)C(=O)Nc2ccc(N(CC)CC)cc2)ccc1O. The number of nitriles is 1. The maximum atomic E-state index is 12.5. The second-order valence-corrected chi connectivity index (χ2v) is 6.00. The van der Waals surface area contributed by atoms with E-state index in [0.29, 0.717) is 23.6 Å². The van der Waals surface area contributed by atoms with E-state index in [1.165, 1.54) is 12.1 Å². The van der Waals surface area contributed by atoms with E-state index < -0.39 is 5.91 Å². The lowest BCUT2D eigenvalue weighted by molar-refractivity contribution is -0.112. The van der Waals surface area contributed by atoms with Gasteiger partial charge in [0.25, 0.3) is 5.91 Å². The van der Waals surface area contributed by atoms with Crippen molar-refractivity contribution in [1.82, 2.24) is 0 Å². The van der Waals surface area contributed by atoms with E-state index >= 15 is 0 Å². The number of carbonyl (C=O) groups is 1. The van der Waals surface area contributed by atoms with Crippen LogP contribution in [-0.4, -0.2) is 30.7 Å². The molecule has 2 aromatic carbocycles. The van der Waals surface area contributed by atoms with E-state index in [1.807, 2.05) is 37.3 Å². The molecule has 6 nitrogen and oxygen atoms in total. The first-order valence-corrected chi connectivity index (χ1v) is 9.26. The van der Waals surface area contributed by atoms with Crippen LogP contribution in [0.4, 0.5) is 11.4 Å². The third-order valence-electron chi connectivity index (χ3n) is 4.21. The van der Waals surface area contributed by atoms with Gasteiger partial charge in [0.05, 0.1) is 6.61 Å². The summed E-state index contributed by atoms with van der Waals surface area (Å²) < 4.78 is 5.33. The lowest BCUT2D eigenvalue weighted by atomic mass is 10.1. The van der Waals surface area contributed by atoms with Crippen molar-refractivity contribution in [1.29, 1.82) is 5.26 Å². The van der Waals surface area contributed by atoms with E-state index in [-0.39, 0.29) is 11.3 Å². The Morgan fingerprint density at radius 1 is 1.18 bits per heavy atom. The predicted octanol–water partition coefficient (Wildman–Crippen LogP) is 4.18. The molecule has 0 aliphatic carbocycles. The summed E-state index contributed by atoms with van der Waals surface area (Å²) in [4.78, 5) is 14.7. The van der Waals surface area contributed by atoms with E-state index in [0.717, 1.165) is 18.8 Å². The van der Waals surface area contributed by atoms with Gasteiger partial charge in [-0.1, -0.05) is 6.07 Å². The van der Waals surface area contributed by atoms with Gasteiger partial charge in [0, 0.05) is 24.5 Å². The highest BCUT2D eigenvalue weighted by molar-refractivity contribution is 6.09. The van der Waals surface area contributed by atoms with Crippen LogP contribution in [0.1, 0.15) is 26.3 Å². The van der Waals surface area contributed by atoms with Crippen LogP contribution in [0.15, 0.2) is 48.0 Å². The number of benzene rings is 2. The third-order valence-corrected chi connectivity index (χ3v) is 4.21. The zero-order chi connectivity index (χ0) is 20.5. The second-order valence-electron chi connectivity index (χ2n) is 6.00. The molecule has 0 aromatic heterocycles.